The van der Waals surface area contributed by atoms with Crippen LogP contribution in [0.1, 0.15) is 10.4 Å². The number of Topliss-reactive ketones (excluding diaryl/α,β-unsaturated/α-hetero) is 1. The van der Waals surface area contributed by atoms with Gasteiger partial charge in [0.1, 0.15) is 0 Å². The second-order valence-corrected chi connectivity index (χ2v) is 3.22. The van der Waals surface area contributed by atoms with Crippen LogP contribution in [-0.2, 0) is 0 Å². The average molecular weight is 264 g/mol. The third-order valence-electron chi connectivity index (χ3n) is 2.00. The number of ketones is 1. The van der Waals surface area contributed by atoms with Crippen LogP contribution >= 0.6 is 0 Å². The van der Waals surface area contributed by atoms with E-state index in [1.165, 1.54) is 18.2 Å². The lowest BCUT2D eigenvalue weighted by Gasteiger charge is -2.14. The molecule has 1 aromatic carbocycles. The Balaban J connectivity index is 3.23. The van der Waals surface area contributed by atoms with Crippen molar-refractivity contribution in [2.75, 3.05) is 0 Å². The number of hydrogen-bond donors (Lipinski definition) is 0. The van der Waals surface area contributed by atoms with E-state index in [2.05, 4.69) is 0 Å². The first-order valence-corrected chi connectivity index (χ1v) is 4.48. The van der Waals surface area contributed by atoms with Gasteiger partial charge in [0.15, 0.2) is 0 Å². The molecular weight excluding hydrogens is 259 g/mol. The summed E-state index contributed by atoms with van der Waals surface area (Å²) >= 11 is 0. The van der Waals surface area contributed by atoms with Crippen LogP contribution in [0.15, 0.2) is 30.3 Å². The monoisotopic (exact) mass is 264 g/mol. The van der Waals surface area contributed by atoms with Crippen LogP contribution in [-0.4, -0.2) is 28.4 Å². The maximum Gasteiger partial charge on any atom is 0.466 e. The van der Waals surface area contributed by atoms with Crippen molar-refractivity contribution in [1.82, 2.24) is 0 Å². The van der Waals surface area contributed by atoms with Crippen LogP contribution in [0.3, 0.4) is 0 Å². The highest BCUT2D eigenvalue weighted by atomic mass is 19.4. The fourth-order valence-electron chi connectivity index (χ4n) is 1.11. The molecule has 0 unspecified atom stereocenters. The van der Waals surface area contributed by atoms with E-state index in [0.717, 1.165) is 12.1 Å². The SMILES string of the molecule is [N-]=[N+]=C(C(=O)c1ccccc1)C(F)(F)C(F)(F)F. The first-order valence-electron chi connectivity index (χ1n) is 4.48. The van der Waals surface area contributed by atoms with Crippen LogP contribution in [0.5, 0.6) is 0 Å². The number of hydrogen-bond acceptors (Lipinski definition) is 1. The van der Waals surface area contributed by atoms with Gasteiger partial charge in [-0.3, -0.25) is 4.79 Å². The number of halogens is 5. The van der Waals surface area contributed by atoms with Gasteiger partial charge in [0.25, 0.3) is 5.78 Å². The molecule has 1 aromatic rings. The van der Waals surface area contributed by atoms with Gasteiger partial charge in [0.2, 0.25) is 0 Å². The van der Waals surface area contributed by atoms with E-state index < -0.39 is 29.2 Å². The molecule has 8 heteroatoms. The molecule has 0 fully saturated rings. The molecule has 96 valence electrons. The smallest absolute Gasteiger partial charge is 0.361 e. The molecule has 0 N–H and O–H groups in total. The molecule has 0 saturated heterocycles. The summed E-state index contributed by atoms with van der Waals surface area (Å²) in [7, 11) is 0. The number of carbonyl (C=O) groups is 1. The van der Waals surface area contributed by atoms with Crippen molar-refractivity contribution in [1.29, 1.82) is 0 Å². The highest BCUT2D eigenvalue weighted by Gasteiger charge is 2.68. The molecule has 0 aliphatic heterocycles. The molecule has 3 nitrogen and oxygen atoms in total. The maximum absolute atomic E-state index is 12.9. The molecule has 0 atom stereocenters. The zero-order chi connectivity index (χ0) is 14.0. The predicted molar refractivity (Wildman–Crippen MR) is 50.4 cm³/mol. The molecule has 0 amide bonds. The molecule has 0 heterocycles. The minimum absolute atomic E-state index is 0.436. The third-order valence-corrected chi connectivity index (χ3v) is 2.00. The summed E-state index contributed by atoms with van der Waals surface area (Å²) in [6.45, 7) is 0. The van der Waals surface area contributed by atoms with Crippen molar-refractivity contribution in [3.63, 3.8) is 0 Å². The van der Waals surface area contributed by atoms with Gasteiger partial charge in [0.05, 0.1) is 0 Å². The Morgan fingerprint density at radius 2 is 1.56 bits per heavy atom. The molecular formula is C10H5F5N2O. The fourth-order valence-corrected chi connectivity index (χ4v) is 1.11. The number of benzene rings is 1. The van der Waals surface area contributed by atoms with Gasteiger partial charge in [-0.15, -0.1) is 0 Å². The first-order chi connectivity index (χ1) is 8.21. The summed E-state index contributed by atoms with van der Waals surface area (Å²) in [4.78, 5) is 13.2. The molecule has 0 saturated carbocycles. The van der Waals surface area contributed by atoms with Crippen molar-refractivity contribution in [2.24, 2.45) is 0 Å². The van der Waals surface area contributed by atoms with Gasteiger partial charge >= 0.3 is 17.8 Å². The summed E-state index contributed by atoms with van der Waals surface area (Å²) in [6, 6.07) is 6.04. The quantitative estimate of drug-likeness (QED) is 0.272. The molecule has 0 aliphatic carbocycles. The standard InChI is InChI=1S/C10H5F5N2O/c11-9(12,10(13,14)15)8(17-16)7(18)6-4-2-1-3-5-6/h1-5H. The molecule has 1 rings (SSSR count). The Labute approximate surface area is 97.5 Å². The van der Waals surface area contributed by atoms with Crippen LogP contribution < -0.4 is 0 Å². The summed E-state index contributed by atoms with van der Waals surface area (Å²) in [5.74, 6) is -7.21. The van der Waals surface area contributed by atoms with Crippen LogP contribution in [0.4, 0.5) is 22.0 Å². The van der Waals surface area contributed by atoms with Crippen LogP contribution in [0.2, 0.25) is 0 Å². The second-order valence-electron chi connectivity index (χ2n) is 3.22. The number of nitrogens with zero attached hydrogens (tertiary/aromatic N) is 2. The van der Waals surface area contributed by atoms with E-state index in [-0.39, 0.29) is 0 Å². The van der Waals surface area contributed by atoms with Crippen molar-refractivity contribution in [3.8, 4) is 0 Å². The third kappa shape index (κ3) is 2.43. The minimum Gasteiger partial charge on any atom is -0.361 e. The van der Waals surface area contributed by atoms with Gasteiger partial charge in [-0.2, -0.15) is 26.7 Å². The molecule has 18 heavy (non-hydrogen) atoms. The Bertz CT molecular complexity index is 503. The summed E-state index contributed by atoms with van der Waals surface area (Å²) in [5.41, 5.74) is 5.55. The van der Waals surface area contributed by atoms with E-state index in [0.29, 0.717) is 0 Å². The van der Waals surface area contributed by atoms with Gasteiger partial charge < -0.3 is 5.53 Å². The first kappa shape index (κ1) is 14.0. The Morgan fingerprint density at radius 3 is 1.94 bits per heavy atom. The molecule has 0 aliphatic rings. The largest absolute Gasteiger partial charge is 0.466 e. The van der Waals surface area contributed by atoms with Crippen molar-refractivity contribution < 1.29 is 31.5 Å². The van der Waals surface area contributed by atoms with Gasteiger partial charge in [-0.25, -0.2) is 0 Å². The predicted octanol–water partition coefficient (Wildman–Crippen LogP) is 2.74. The highest BCUT2D eigenvalue weighted by molar-refractivity contribution is 6.46. The van der Waals surface area contributed by atoms with E-state index in [1.807, 2.05) is 0 Å². The van der Waals surface area contributed by atoms with E-state index in [1.54, 1.807) is 4.79 Å². The number of rotatable bonds is 3. The summed E-state index contributed by atoms with van der Waals surface area (Å²) < 4.78 is 61.9. The van der Waals surface area contributed by atoms with Gasteiger partial charge in [0, 0.05) is 5.56 Å². The van der Waals surface area contributed by atoms with E-state index in [9.17, 15) is 26.7 Å². The van der Waals surface area contributed by atoms with Crippen LogP contribution in [0, 0.1) is 0 Å². The molecule has 0 spiro atoms. The normalized spacial score (nSPS) is 11.8. The van der Waals surface area contributed by atoms with Gasteiger partial charge in [-0.1, -0.05) is 30.3 Å². The topological polar surface area (TPSA) is 53.5 Å². The maximum atomic E-state index is 12.9. The molecule has 0 bridgehead atoms. The van der Waals surface area contributed by atoms with E-state index in [4.69, 9.17) is 5.53 Å². The summed E-state index contributed by atoms with van der Waals surface area (Å²) in [6.07, 6.45) is -6.01. The molecule has 0 aromatic heterocycles. The van der Waals surface area contributed by atoms with Crippen molar-refractivity contribution >= 4 is 11.5 Å². The Hall–Kier alpha value is -2.08. The van der Waals surface area contributed by atoms with Gasteiger partial charge in [-0.05, 0) is 0 Å². The van der Waals surface area contributed by atoms with Crippen molar-refractivity contribution in [3.05, 3.63) is 41.4 Å². The number of alkyl halides is 5. The zero-order valence-electron chi connectivity index (χ0n) is 8.58. The fraction of sp³-hybridized carbons (Fsp3) is 0.200. The lowest BCUT2D eigenvalue weighted by atomic mass is 10.0. The number of carbonyl (C=O) groups excluding carboxylic acids is 1. The highest BCUT2D eigenvalue weighted by Crippen LogP contribution is 2.36. The van der Waals surface area contributed by atoms with Crippen LogP contribution in [0.25, 0.3) is 5.53 Å². The Morgan fingerprint density at radius 1 is 1.06 bits per heavy atom. The lowest BCUT2D eigenvalue weighted by Crippen LogP contribution is -2.48. The minimum atomic E-state index is -6.01. The Kier molecular flexibility index (Phi) is 3.62. The second kappa shape index (κ2) is 4.66. The summed E-state index contributed by atoms with van der Waals surface area (Å²) in [5, 5.41) is 0. The average Bonchev–Trinajstić information content (AvgIpc) is 2.29. The zero-order valence-corrected chi connectivity index (χ0v) is 8.58. The van der Waals surface area contributed by atoms with Crippen molar-refractivity contribution in [2.45, 2.75) is 12.1 Å². The molecule has 0 radical (unpaired) electrons. The van der Waals surface area contributed by atoms with E-state index >= 15 is 0 Å². The lowest BCUT2D eigenvalue weighted by molar-refractivity contribution is -0.258.